The van der Waals surface area contributed by atoms with Crippen LogP contribution in [0, 0.1) is 11.3 Å². The van der Waals surface area contributed by atoms with E-state index in [2.05, 4.69) is 11.4 Å². The van der Waals surface area contributed by atoms with E-state index in [0.29, 0.717) is 21.9 Å². The van der Waals surface area contributed by atoms with Crippen LogP contribution >= 0.6 is 11.8 Å². The zero-order valence-corrected chi connectivity index (χ0v) is 15.6. The van der Waals surface area contributed by atoms with Gasteiger partial charge in [0.15, 0.2) is 0 Å². The number of hydrogen-bond donors (Lipinski definition) is 1. The number of allylic oxidation sites excluding steroid dienone is 1. The Labute approximate surface area is 162 Å². The van der Waals surface area contributed by atoms with Crippen LogP contribution in [0.4, 0.5) is 0 Å². The molecule has 136 valence electrons. The van der Waals surface area contributed by atoms with E-state index >= 15 is 0 Å². The third kappa shape index (κ3) is 4.39. The van der Waals surface area contributed by atoms with Crippen LogP contribution in [0.2, 0.25) is 0 Å². The molecule has 0 saturated heterocycles. The molecule has 1 heterocycles. The van der Waals surface area contributed by atoms with Crippen molar-refractivity contribution in [2.45, 2.75) is 18.1 Å². The fourth-order valence-electron chi connectivity index (χ4n) is 2.92. The van der Waals surface area contributed by atoms with Crippen molar-refractivity contribution in [3.8, 4) is 6.07 Å². The van der Waals surface area contributed by atoms with Crippen molar-refractivity contribution in [3.63, 3.8) is 0 Å². The predicted octanol–water partition coefficient (Wildman–Crippen LogP) is 3.75. The van der Waals surface area contributed by atoms with E-state index in [4.69, 9.17) is 4.74 Å². The minimum atomic E-state index is -0.418. The Morgan fingerprint density at radius 1 is 1.22 bits per heavy atom. The Balaban J connectivity index is 1.86. The molecule has 0 fully saturated rings. The van der Waals surface area contributed by atoms with Crippen molar-refractivity contribution in [1.82, 2.24) is 5.32 Å². The van der Waals surface area contributed by atoms with Crippen molar-refractivity contribution < 1.29 is 14.3 Å². The fraction of sp³-hybridized carbons (Fsp3) is 0.190. The summed E-state index contributed by atoms with van der Waals surface area (Å²) in [4.78, 5) is 23.8. The number of nitriles is 1. The molecule has 3 rings (SSSR count). The van der Waals surface area contributed by atoms with Gasteiger partial charge in [0.05, 0.1) is 29.3 Å². The van der Waals surface area contributed by atoms with Crippen LogP contribution in [0.25, 0.3) is 0 Å². The first-order valence-corrected chi connectivity index (χ1v) is 9.40. The minimum absolute atomic E-state index is 0.119. The average molecular weight is 378 g/mol. The lowest BCUT2D eigenvalue weighted by Gasteiger charge is -2.25. The molecular weight excluding hydrogens is 360 g/mol. The third-order valence-corrected chi connectivity index (χ3v) is 5.40. The molecule has 1 N–H and O–H groups in total. The molecule has 0 radical (unpaired) electrons. The molecule has 6 heteroatoms. The highest BCUT2D eigenvalue weighted by Crippen LogP contribution is 2.36. The number of rotatable bonds is 5. The van der Waals surface area contributed by atoms with Crippen LogP contribution in [0.3, 0.4) is 0 Å². The highest BCUT2D eigenvalue weighted by molar-refractivity contribution is 8.02. The lowest BCUT2D eigenvalue weighted by Crippen LogP contribution is -2.30. The van der Waals surface area contributed by atoms with Crippen molar-refractivity contribution in [2.75, 3.05) is 7.11 Å². The average Bonchev–Trinajstić information content (AvgIpc) is 2.72. The largest absolute Gasteiger partial charge is 0.465 e. The Morgan fingerprint density at radius 2 is 1.93 bits per heavy atom. The van der Waals surface area contributed by atoms with Crippen LogP contribution in [0.15, 0.2) is 65.2 Å². The summed E-state index contributed by atoms with van der Waals surface area (Å²) in [5.41, 5.74) is 2.92. The second kappa shape index (κ2) is 8.56. The zero-order chi connectivity index (χ0) is 19.2. The summed E-state index contributed by atoms with van der Waals surface area (Å²) >= 11 is 1.45. The van der Waals surface area contributed by atoms with Gasteiger partial charge in [0.25, 0.3) is 0 Å². The van der Waals surface area contributed by atoms with Gasteiger partial charge in [-0.15, -0.1) is 11.8 Å². The maximum Gasteiger partial charge on any atom is 0.337 e. The standard InChI is InChI=1S/C21H18N2O3S/c1-26-21(25)16-9-7-15(8-10-16)17-11-19(24)23-20(18(17)12-22)27-13-14-5-3-2-4-6-14/h2-10,17H,11,13H2,1H3,(H,23,24)/t17-/m0/s1. The first-order valence-electron chi connectivity index (χ1n) is 8.41. The molecule has 2 aromatic rings. The maximum absolute atomic E-state index is 12.2. The first-order chi connectivity index (χ1) is 13.1. The Kier molecular flexibility index (Phi) is 5.94. The minimum Gasteiger partial charge on any atom is -0.465 e. The molecule has 0 aliphatic carbocycles. The molecule has 0 spiro atoms. The summed E-state index contributed by atoms with van der Waals surface area (Å²) in [7, 11) is 1.33. The number of amides is 1. The number of carbonyl (C=O) groups excluding carboxylic acids is 2. The van der Waals surface area contributed by atoms with Crippen molar-refractivity contribution in [1.29, 1.82) is 5.26 Å². The van der Waals surface area contributed by atoms with Crippen molar-refractivity contribution >= 4 is 23.6 Å². The van der Waals surface area contributed by atoms with E-state index < -0.39 is 5.97 Å². The zero-order valence-electron chi connectivity index (χ0n) is 14.8. The number of carbonyl (C=O) groups is 2. The second-order valence-corrected chi connectivity index (χ2v) is 7.03. The summed E-state index contributed by atoms with van der Waals surface area (Å²) < 4.78 is 4.70. The van der Waals surface area contributed by atoms with Gasteiger partial charge in [-0.05, 0) is 23.3 Å². The SMILES string of the molecule is COC(=O)c1ccc([C@@H]2CC(=O)NC(SCc3ccccc3)=C2C#N)cc1. The van der Waals surface area contributed by atoms with Gasteiger partial charge < -0.3 is 10.1 Å². The summed E-state index contributed by atoms with van der Waals surface area (Å²) in [5.74, 6) is -0.200. The summed E-state index contributed by atoms with van der Waals surface area (Å²) in [6.45, 7) is 0. The monoisotopic (exact) mass is 378 g/mol. The number of thioether (sulfide) groups is 1. The van der Waals surface area contributed by atoms with E-state index in [1.165, 1.54) is 18.9 Å². The molecule has 1 amide bonds. The van der Waals surface area contributed by atoms with Crippen LogP contribution in [-0.4, -0.2) is 19.0 Å². The van der Waals surface area contributed by atoms with E-state index in [9.17, 15) is 14.9 Å². The molecular formula is C21H18N2O3S. The molecule has 0 aromatic heterocycles. The molecule has 1 atom stereocenters. The molecule has 1 aliphatic heterocycles. The molecule has 0 bridgehead atoms. The van der Waals surface area contributed by atoms with E-state index in [0.717, 1.165) is 11.1 Å². The smallest absolute Gasteiger partial charge is 0.337 e. The van der Waals surface area contributed by atoms with Crippen LogP contribution in [0.5, 0.6) is 0 Å². The van der Waals surface area contributed by atoms with E-state index in [-0.39, 0.29) is 18.2 Å². The topological polar surface area (TPSA) is 79.2 Å². The first kappa shape index (κ1) is 18.7. The van der Waals surface area contributed by atoms with Gasteiger partial charge in [-0.25, -0.2) is 4.79 Å². The normalized spacial score (nSPS) is 16.4. The molecule has 0 unspecified atom stereocenters. The molecule has 27 heavy (non-hydrogen) atoms. The summed E-state index contributed by atoms with van der Waals surface area (Å²) in [5, 5.41) is 13.1. The van der Waals surface area contributed by atoms with Gasteiger partial charge >= 0.3 is 5.97 Å². The number of benzene rings is 2. The van der Waals surface area contributed by atoms with Crippen LogP contribution in [0.1, 0.15) is 33.8 Å². The van der Waals surface area contributed by atoms with Crippen LogP contribution in [-0.2, 0) is 15.3 Å². The molecule has 2 aromatic carbocycles. The Hall–Kier alpha value is -3.04. The Bertz CT molecular complexity index is 915. The van der Waals surface area contributed by atoms with E-state index in [1.54, 1.807) is 24.3 Å². The van der Waals surface area contributed by atoms with Gasteiger partial charge in [-0.1, -0.05) is 42.5 Å². The van der Waals surface area contributed by atoms with Gasteiger partial charge in [-0.2, -0.15) is 5.26 Å². The van der Waals surface area contributed by atoms with Crippen LogP contribution < -0.4 is 5.32 Å². The molecule has 1 aliphatic rings. The second-order valence-electron chi connectivity index (χ2n) is 6.05. The predicted molar refractivity (Wildman–Crippen MR) is 104 cm³/mol. The van der Waals surface area contributed by atoms with Gasteiger partial charge in [0, 0.05) is 18.1 Å². The highest BCUT2D eigenvalue weighted by Gasteiger charge is 2.29. The van der Waals surface area contributed by atoms with Crippen molar-refractivity contribution in [2.24, 2.45) is 0 Å². The Morgan fingerprint density at radius 3 is 2.56 bits per heavy atom. The number of methoxy groups -OCH3 is 1. The highest BCUT2D eigenvalue weighted by atomic mass is 32.2. The number of nitrogens with one attached hydrogen (secondary N) is 1. The number of ether oxygens (including phenoxy) is 1. The number of esters is 1. The lowest BCUT2D eigenvalue weighted by molar-refractivity contribution is -0.120. The van der Waals surface area contributed by atoms with Crippen molar-refractivity contribution in [3.05, 3.63) is 81.9 Å². The van der Waals surface area contributed by atoms with Gasteiger partial charge in [0.1, 0.15) is 0 Å². The molecule has 0 saturated carbocycles. The van der Waals surface area contributed by atoms with Gasteiger partial charge in [0.2, 0.25) is 5.91 Å². The third-order valence-electron chi connectivity index (χ3n) is 4.32. The lowest BCUT2D eigenvalue weighted by atomic mass is 9.87. The summed E-state index contributed by atoms with van der Waals surface area (Å²) in [6, 6.07) is 19.0. The molecule has 5 nitrogen and oxygen atoms in total. The number of hydrogen-bond acceptors (Lipinski definition) is 5. The van der Waals surface area contributed by atoms with Gasteiger partial charge in [-0.3, -0.25) is 4.79 Å². The van der Waals surface area contributed by atoms with E-state index in [1.807, 2.05) is 30.3 Å². The number of nitrogens with zero attached hydrogens (tertiary/aromatic N) is 1. The quantitative estimate of drug-likeness (QED) is 0.802. The summed E-state index contributed by atoms with van der Waals surface area (Å²) in [6.07, 6.45) is 0.204. The fourth-order valence-corrected chi connectivity index (χ4v) is 3.95. The maximum atomic E-state index is 12.2.